The first-order valence-corrected chi connectivity index (χ1v) is 13.6. The summed E-state index contributed by atoms with van der Waals surface area (Å²) < 4.78 is 4.88. The minimum Gasteiger partial charge on any atom is -0.463 e. The summed E-state index contributed by atoms with van der Waals surface area (Å²) in [5, 5.41) is 48.2. The first-order valence-electron chi connectivity index (χ1n) is 13.6. The van der Waals surface area contributed by atoms with Crippen molar-refractivity contribution >= 4 is 11.8 Å². The molecular weight excluding hydrogens is 554 g/mol. The number of unbranched alkanes of at least 4 members (excludes halogenated alkanes) is 5. The molecule has 6 atom stereocenters. The van der Waals surface area contributed by atoms with E-state index in [9.17, 15) is 50.1 Å². The molecule has 0 aliphatic heterocycles. The van der Waals surface area contributed by atoms with Gasteiger partial charge in [0.25, 0.3) is 15.3 Å². The number of hydrogen-bond donors (Lipinski definition) is 2. The molecule has 0 unspecified atom stereocenters. The topological polar surface area (TPSA) is 241 Å². The van der Waals surface area contributed by atoms with E-state index in [1.807, 2.05) is 0 Å². The van der Waals surface area contributed by atoms with E-state index >= 15 is 0 Å². The molecule has 2 N–H and O–H groups in total. The maximum Gasteiger partial charge on any atom is 0.305 e. The van der Waals surface area contributed by atoms with Crippen LogP contribution in [0.25, 0.3) is 0 Å². The van der Waals surface area contributed by atoms with Crippen LogP contribution in [0.2, 0.25) is 0 Å². The zero-order valence-electron chi connectivity index (χ0n) is 22.9. The number of esters is 1. The fraction of sp³-hybridized carbons (Fsp3) is 0.833. The van der Waals surface area contributed by atoms with Crippen LogP contribution >= 0.6 is 0 Å². The molecule has 0 spiro atoms. The molecule has 17 heteroatoms. The second-order valence-electron chi connectivity index (χ2n) is 9.76. The highest BCUT2D eigenvalue weighted by Gasteiger charge is 2.39. The number of Topliss-reactive ketones (excluding diaryl/α,β-unsaturated/α-hetero) is 1. The van der Waals surface area contributed by atoms with Crippen LogP contribution in [0.4, 0.5) is 0 Å². The third kappa shape index (κ3) is 15.1. The number of carbonyl (C=O) groups excluding carboxylic acids is 2. The van der Waals surface area contributed by atoms with E-state index in [-0.39, 0.29) is 30.5 Å². The Morgan fingerprint density at radius 1 is 0.976 bits per heavy atom. The molecule has 1 aliphatic rings. The third-order valence-electron chi connectivity index (χ3n) is 6.65. The number of rotatable bonds is 23. The van der Waals surface area contributed by atoms with Crippen molar-refractivity contribution < 1.29 is 54.3 Å². The molecule has 1 fully saturated rings. The van der Waals surface area contributed by atoms with Gasteiger partial charge in [0.2, 0.25) is 0 Å². The lowest BCUT2D eigenvalue weighted by Crippen LogP contribution is -2.42. The molecule has 0 aromatic carbocycles. The van der Waals surface area contributed by atoms with Gasteiger partial charge in [0.05, 0.1) is 12.2 Å². The van der Waals surface area contributed by atoms with Gasteiger partial charge in [0.1, 0.15) is 19.0 Å². The molecule has 17 nitrogen and oxygen atoms in total. The second kappa shape index (κ2) is 19.5. The SMILES string of the molecule is CCCCC[C@H](O)/C=C/[C@@H]1[C@H](O)CC(=O)[C@@H]1CCCCCCC(=O)OC[C@H](O[N+](=O)[O-])[C@H](CO[N+](=O)[O-])O[N+](=O)[O-]. The van der Waals surface area contributed by atoms with Gasteiger partial charge in [0.15, 0.2) is 12.2 Å². The minimum absolute atomic E-state index is 0.0225. The van der Waals surface area contributed by atoms with E-state index < -0.39 is 58.9 Å². The summed E-state index contributed by atoms with van der Waals surface area (Å²) in [4.78, 5) is 68.5. The van der Waals surface area contributed by atoms with Crippen LogP contribution in [0.1, 0.15) is 77.6 Å². The van der Waals surface area contributed by atoms with Crippen molar-refractivity contribution in [2.45, 2.75) is 102 Å². The largest absolute Gasteiger partial charge is 0.463 e. The van der Waals surface area contributed by atoms with Crippen molar-refractivity contribution in [2.75, 3.05) is 13.2 Å². The maximum absolute atomic E-state index is 12.4. The van der Waals surface area contributed by atoms with Gasteiger partial charge in [-0.25, -0.2) is 0 Å². The lowest BCUT2D eigenvalue weighted by atomic mass is 9.88. The predicted molar refractivity (Wildman–Crippen MR) is 137 cm³/mol. The first-order chi connectivity index (χ1) is 19.4. The Bertz CT molecular complexity index is 886. The Morgan fingerprint density at radius 2 is 1.61 bits per heavy atom. The summed E-state index contributed by atoms with van der Waals surface area (Å²) >= 11 is 0. The van der Waals surface area contributed by atoms with Crippen LogP contribution in [-0.4, -0.2) is 74.9 Å². The van der Waals surface area contributed by atoms with Gasteiger partial charge < -0.3 is 29.5 Å². The third-order valence-corrected chi connectivity index (χ3v) is 6.65. The normalized spacial score (nSPS) is 20.8. The van der Waals surface area contributed by atoms with Crippen LogP contribution in [0.15, 0.2) is 12.2 Å². The predicted octanol–water partition coefficient (Wildman–Crippen LogP) is 2.30. The quantitative estimate of drug-likeness (QED) is 0.0568. The summed E-state index contributed by atoms with van der Waals surface area (Å²) in [6.07, 6.45) is 4.64. The lowest BCUT2D eigenvalue weighted by molar-refractivity contribution is -0.810. The zero-order valence-corrected chi connectivity index (χ0v) is 22.9. The molecule has 0 radical (unpaired) electrons. The highest BCUT2D eigenvalue weighted by Crippen LogP contribution is 2.34. The van der Waals surface area contributed by atoms with Gasteiger partial charge in [-0.2, -0.15) is 0 Å². The van der Waals surface area contributed by atoms with Crippen molar-refractivity contribution in [2.24, 2.45) is 11.8 Å². The van der Waals surface area contributed by atoms with Crippen molar-refractivity contribution in [3.8, 4) is 0 Å². The monoisotopic (exact) mass is 593 g/mol. The van der Waals surface area contributed by atoms with Crippen LogP contribution in [0.5, 0.6) is 0 Å². The molecule has 0 amide bonds. The van der Waals surface area contributed by atoms with Gasteiger partial charge >= 0.3 is 5.97 Å². The average molecular weight is 594 g/mol. The van der Waals surface area contributed by atoms with Gasteiger partial charge in [0, 0.05) is 24.7 Å². The van der Waals surface area contributed by atoms with Gasteiger partial charge in [-0.05, 0) is 19.3 Å². The average Bonchev–Trinajstić information content (AvgIpc) is 3.16. The maximum atomic E-state index is 12.4. The smallest absolute Gasteiger partial charge is 0.305 e. The summed E-state index contributed by atoms with van der Waals surface area (Å²) in [6.45, 7) is 0.136. The van der Waals surface area contributed by atoms with E-state index in [0.717, 1.165) is 19.3 Å². The standard InChI is InChI=1S/C24H39N3O14/c1-2-3-6-9-17(28)12-13-19-18(20(29)14-21(19)30)10-7-4-5-8-11-24(31)38-15-22(40-26(34)35)23(41-27(36)37)16-39-25(32)33/h12-13,17-19,21-23,28,30H,2-11,14-16H2,1H3/b13-12+/t17-,18+,19-,21+,22-,23-/m0/s1. The Morgan fingerprint density at radius 3 is 2.22 bits per heavy atom. The van der Waals surface area contributed by atoms with E-state index in [0.29, 0.717) is 38.5 Å². The van der Waals surface area contributed by atoms with Crippen molar-refractivity contribution in [1.29, 1.82) is 0 Å². The zero-order chi connectivity index (χ0) is 30.8. The van der Waals surface area contributed by atoms with Gasteiger partial charge in [-0.1, -0.05) is 57.6 Å². The molecular formula is C24H39N3O14. The Balaban J connectivity index is 2.45. The van der Waals surface area contributed by atoms with E-state index in [1.165, 1.54) is 0 Å². The highest BCUT2D eigenvalue weighted by molar-refractivity contribution is 5.84. The fourth-order valence-corrected chi connectivity index (χ4v) is 4.55. The molecule has 0 aromatic heterocycles. The number of carbonyl (C=O) groups is 2. The fourth-order valence-electron chi connectivity index (χ4n) is 4.55. The molecule has 41 heavy (non-hydrogen) atoms. The van der Waals surface area contributed by atoms with Gasteiger partial charge in [-0.15, -0.1) is 30.3 Å². The number of aliphatic hydroxyl groups is 2. The number of ether oxygens (including phenoxy) is 1. The molecule has 234 valence electrons. The molecule has 0 heterocycles. The molecule has 1 saturated carbocycles. The number of nitrogens with zero attached hydrogens (tertiary/aromatic N) is 3. The van der Waals surface area contributed by atoms with Crippen molar-refractivity contribution in [1.82, 2.24) is 0 Å². The Labute approximate surface area is 236 Å². The van der Waals surface area contributed by atoms with E-state index in [1.54, 1.807) is 12.2 Å². The first kappa shape index (κ1) is 35.4. The van der Waals surface area contributed by atoms with Crippen LogP contribution < -0.4 is 0 Å². The molecule has 1 aliphatic carbocycles. The summed E-state index contributed by atoms with van der Waals surface area (Å²) in [5.74, 6) is -1.51. The summed E-state index contributed by atoms with van der Waals surface area (Å²) in [6, 6.07) is 0. The Kier molecular flexibility index (Phi) is 16.8. The minimum atomic E-state index is -1.92. The number of hydrogen-bond acceptors (Lipinski definition) is 14. The van der Waals surface area contributed by atoms with E-state index in [2.05, 4.69) is 21.4 Å². The second-order valence-corrected chi connectivity index (χ2v) is 9.76. The molecule has 1 rings (SSSR count). The lowest BCUT2D eigenvalue weighted by Gasteiger charge is -2.22. The van der Waals surface area contributed by atoms with Crippen LogP contribution in [-0.2, 0) is 28.8 Å². The van der Waals surface area contributed by atoms with Crippen LogP contribution in [0.3, 0.4) is 0 Å². The molecule has 0 aromatic rings. The molecule has 0 saturated heterocycles. The number of ketones is 1. The number of aliphatic hydroxyl groups excluding tert-OH is 2. The highest BCUT2D eigenvalue weighted by atomic mass is 17.0. The Hall–Kier alpha value is -3.60. The van der Waals surface area contributed by atoms with Gasteiger partial charge in [-0.3, -0.25) is 9.59 Å². The van der Waals surface area contributed by atoms with Crippen molar-refractivity contribution in [3.63, 3.8) is 0 Å². The van der Waals surface area contributed by atoms with Crippen LogP contribution in [0, 0.1) is 42.2 Å². The van der Waals surface area contributed by atoms with E-state index in [4.69, 9.17) is 4.74 Å². The summed E-state index contributed by atoms with van der Waals surface area (Å²) in [7, 11) is 0. The molecule has 0 bridgehead atoms. The summed E-state index contributed by atoms with van der Waals surface area (Å²) in [5.41, 5.74) is 0. The van der Waals surface area contributed by atoms with Crippen molar-refractivity contribution in [3.05, 3.63) is 42.5 Å².